The molecule has 1 aromatic heterocycles. The van der Waals surface area contributed by atoms with Crippen LogP contribution in [0.3, 0.4) is 0 Å². The molecule has 32 heavy (non-hydrogen) atoms. The molecule has 1 fully saturated rings. The van der Waals surface area contributed by atoms with Gasteiger partial charge in [0.2, 0.25) is 0 Å². The lowest BCUT2D eigenvalue weighted by Crippen LogP contribution is -2.33. The van der Waals surface area contributed by atoms with Gasteiger partial charge in [0, 0.05) is 17.6 Å². The van der Waals surface area contributed by atoms with Crippen molar-refractivity contribution in [3.8, 4) is 0 Å². The van der Waals surface area contributed by atoms with Crippen molar-refractivity contribution >= 4 is 38.4 Å². The van der Waals surface area contributed by atoms with E-state index in [0.29, 0.717) is 0 Å². The lowest BCUT2D eigenvalue weighted by molar-refractivity contribution is -0.116. The Hall–Kier alpha value is -3.47. The highest BCUT2D eigenvalue weighted by Gasteiger charge is 2.47. The predicted molar refractivity (Wildman–Crippen MR) is 109 cm³/mol. The third-order valence-electron chi connectivity index (χ3n) is 5.04. The molecule has 0 aliphatic carbocycles. The van der Waals surface area contributed by atoms with Gasteiger partial charge in [-0.2, -0.15) is 13.2 Å². The number of hydrogen-bond acceptors (Lipinski definition) is 5. The van der Waals surface area contributed by atoms with Crippen molar-refractivity contribution in [2.24, 2.45) is 0 Å². The largest absolute Gasteiger partial charge is 0.501 e. The Balaban J connectivity index is 1.61. The van der Waals surface area contributed by atoms with Crippen LogP contribution in [0.4, 0.5) is 23.7 Å². The summed E-state index contributed by atoms with van der Waals surface area (Å²) in [7, 11) is -5.52. The number of halogens is 3. The van der Waals surface area contributed by atoms with Gasteiger partial charge in [-0.3, -0.25) is 9.78 Å². The number of nitrogens with zero attached hydrogens (tertiary/aromatic N) is 3. The monoisotopic (exact) mass is 463 g/mol. The van der Waals surface area contributed by atoms with Crippen molar-refractivity contribution in [1.82, 2.24) is 9.88 Å². The molecule has 4 rings (SSSR count). The number of pyridine rings is 1. The number of carbonyl (C=O) groups is 2. The van der Waals surface area contributed by atoms with E-state index in [4.69, 9.17) is 0 Å². The number of carbonyl (C=O) groups excluding carboxylic acids is 2. The molecule has 1 aliphatic heterocycles. The summed E-state index contributed by atoms with van der Waals surface area (Å²) in [6.07, 6.45) is 0. The number of fused-ring (bicyclic) bond motifs is 1. The Bertz CT molecular complexity index is 1340. The third-order valence-corrected chi connectivity index (χ3v) is 6.54. The van der Waals surface area contributed by atoms with Crippen LogP contribution in [0.15, 0.2) is 59.5 Å². The summed E-state index contributed by atoms with van der Waals surface area (Å²) in [5.41, 5.74) is -3.17. The molecule has 0 spiro atoms. The number of sulfone groups is 1. The maximum Gasteiger partial charge on any atom is 0.501 e. The maximum absolute atomic E-state index is 12.9. The molecular formula is C21H16F3N3O4S. The SMILES string of the molecule is Cc1cc(CN2CC(=O)N(c3ccc(S(=O)(=O)C(F)(F)F)cc3)C2=O)c2ccccc2n1. The lowest BCUT2D eigenvalue weighted by atomic mass is 10.1. The smallest absolute Gasteiger partial charge is 0.310 e. The molecule has 2 aromatic carbocycles. The third kappa shape index (κ3) is 3.68. The minimum atomic E-state index is -5.52. The number of anilines is 1. The summed E-state index contributed by atoms with van der Waals surface area (Å²) in [5, 5.41) is 0.832. The fourth-order valence-electron chi connectivity index (χ4n) is 3.57. The number of amides is 3. The number of urea groups is 1. The molecule has 0 saturated carbocycles. The van der Waals surface area contributed by atoms with Crippen LogP contribution in [0.1, 0.15) is 11.3 Å². The van der Waals surface area contributed by atoms with Crippen LogP contribution in [-0.4, -0.2) is 42.3 Å². The van der Waals surface area contributed by atoms with Gasteiger partial charge in [-0.25, -0.2) is 18.1 Å². The van der Waals surface area contributed by atoms with E-state index in [1.807, 2.05) is 37.3 Å². The molecule has 0 unspecified atom stereocenters. The molecule has 0 bridgehead atoms. The second kappa shape index (κ2) is 7.59. The highest BCUT2D eigenvalue weighted by atomic mass is 32.2. The Morgan fingerprint density at radius 2 is 1.69 bits per heavy atom. The topological polar surface area (TPSA) is 87.7 Å². The molecule has 7 nitrogen and oxygen atoms in total. The molecule has 2 heterocycles. The minimum Gasteiger partial charge on any atom is -0.310 e. The average Bonchev–Trinajstić information content (AvgIpc) is 3.00. The maximum atomic E-state index is 12.9. The first-order valence-electron chi connectivity index (χ1n) is 9.37. The minimum absolute atomic E-state index is 0.0145. The zero-order valence-electron chi connectivity index (χ0n) is 16.6. The van der Waals surface area contributed by atoms with E-state index in [1.54, 1.807) is 0 Å². The average molecular weight is 463 g/mol. The lowest BCUT2D eigenvalue weighted by Gasteiger charge is -2.18. The highest BCUT2D eigenvalue weighted by molar-refractivity contribution is 7.92. The molecule has 166 valence electrons. The number of imide groups is 1. The van der Waals surface area contributed by atoms with Gasteiger partial charge in [-0.05, 0) is 48.9 Å². The number of rotatable bonds is 4. The molecule has 0 atom stereocenters. The molecule has 1 saturated heterocycles. The normalized spacial score (nSPS) is 15.1. The number of para-hydroxylation sites is 1. The summed E-state index contributed by atoms with van der Waals surface area (Å²) in [5.74, 6) is -0.573. The zero-order valence-corrected chi connectivity index (χ0v) is 17.4. The molecule has 11 heteroatoms. The van der Waals surface area contributed by atoms with Gasteiger partial charge >= 0.3 is 11.5 Å². The van der Waals surface area contributed by atoms with Gasteiger partial charge in [0.25, 0.3) is 15.7 Å². The van der Waals surface area contributed by atoms with Crippen LogP contribution in [0.5, 0.6) is 0 Å². The zero-order chi connectivity index (χ0) is 23.3. The van der Waals surface area contributed by atoms with Crippen LogP contribution in [0.2, 0.25) is 0 Å². The van der Waals surface area contributed by atoms with Crippen molar-refractivity contribution < 1.29 is 31.2 Å². The number of aryl methyl sites for hydroxylation is 1. The first-order chi connectivity index (χ1) is 15.0. The van der Waals surface area contributed by atoms with E-state index < -0.39 is 32.2 Å². The Morgan fingerprint density at radius 3 is 2.34 bits per heavy atom. The summed E-state index contributed by atoms with van der Waals surface area (Å²) in [6.45, 7) is 1.72. The Kier molecular flexibility index (Phi) is 5.16. The Morgan fingerprint density at radius 1 is 1.03 bits per heavy atom. The van der Waals surface area contributed by atoms with E-state index in [9.17, 15) is 31.2 Å². The molecule has 1 aliphatic rings. The molecular weight excluding hydrogens is 447 g/mol. The van der Waals surface area contributed by atoms with Gasteiger partial charge in [-0.1, -0.05) is 18.2 Å². The van der Waals surface area contributed by atoms with Crippen molar-refractivity contribution in [2.45, 2.75) is 23.9 Å². The van der Waals surface area contributed by atoms with Gasteiger partial charge in [0.15, 0.2) is 0 Å². The van der Waals surface area contributed by atoms with Gasteiger partial charge < -0.3 is 4.90 Å². The van der Waals surface area contributed by atoms with E-state index in [1.165, 1.54) is 4.90 Å². The second-order valence-corrected chi connectivity index (χ2v) is 9.19. The summed E-state index contributed by atoms with van der Waals surface area (Å²) in [4.78, 5) is 31.0. The van der Waals surface area contributed by atoms with Crippen molar-refractivity contribution in [3.05, 3.63) is 65.9 Å². The van der Waals surface area contributed by atoms with Crippen LogP contribution >= 0.6 is 0 Å². The Labute approximate surface area is 181 Å². The number of benzene rings is 2. The predicted octanol–water partition coefficient (Wildman–Crippen LogP) is 3.81. The first-order valence-corrected chi connectivity index (χ1v) is 10.9. The fourth-order valence-corrected chi connectivity index (χ4v) is 4.33. The van der Waals surface area contributed by atoms with Gasteiger partial charge in [0.1, 0.15) is 6.54 Å². The van der Waals surface area contributed by atoms with E-state index >= 15 is 0 Å². The van der Waals surface area contributed by atoms with E-state index in [2.05, 4.69) is 4.98 Å². The van der Waals surface area contributed by atoms with Gasteiger partial charge in [0.05, 0.1) is 16.1 Å². The molecule has 0 N–H and O–H groups in total. The van der Waals surface area contributed by atoms with E-state index in [-0.39, 0.29) is 18.8 Å². The fraction of sp³-hybridized carbons (Fsp3) is 0.190. The number of hydrogen-bond donors (Lipinski definition) is 0. The first kappa shape index (κ1) is 21.8. The van der Waals surface area contributed by atoms with Gasteiger partial charge in [-0.15, -0.1) is 0 Å². The van der Waals surface area contributed by atoms with Crippen LogP contribution in [-0.2, 0) is 21.2 Å². The summed E-state index contributed by atoms with van der Waals surface area (Å²) < 4.78 is 61.2. The van der Waals surface area contributed by atoms with Crippen LogP contribution in [0, 0.1) is 6.92 Å². The summed E-state index contributed by atoms with van der Waals surface area (Å²) >= 11 is 0. The van der Waals surface area contributed by atoms with Crippen molar-refractivity contribution in [3.63, 3.8) is 0 Å². The molecule has 3 aromatic rings. The summed E-state index contributed by atoms with van der Waals surface area (Å²) in [6, 6.07) is 12.0. The molecule has 3 amide bonds. The number of aromatic nitrogens is 1. The molecule has 0 radical (unpaired) electrons. The quantitative estimate of drug-likeness (QED) is 0.549. The van der Waals surface area contributed by atoms with Crippen LogP contribution < -0.4 is 4.90 Å². The van der Waals surface area contributed by atoms with Crippen LogP contribution in [0.25, 0.3) is 10.9 Å². The second-order valence-electron chi connectivity index (χ2n) is 7.25. The number of alkyl halides is 3. The highest BCUT2D eigenvalue weighted by Crippen LogP contribution is 2.32. The van der Waals surface area contributed by atoms with E-state index in [0.717, 1.165) is 51.3 Å². The van der Waals surface area contributed by atoms with Crippen molar-refractivity contribution in [2.75, 3.05) is 11.4 Å². The van der Waals surface area contributed by atoms with Crippen molar-refractivity contribution in [1.29, 1.82) is 0 Å². The standard InChI is InChI=1S/C21H16F3N3O4S/c1-13-10-14(17-4-2-3-5-18(17)25-13)11-26-12-19(28)27(20(26)29)15-6-8-16(9-7-15)32(30,31)21(22,23)24/h2-10H,11-12H2,1H3.